The maximum Gasteiger partial charge on any atom is 0.326 e. The van der Waals surface area contributed by atoms with Gasteiger partial charge in [-0.3, -0.25) is 9.59 Å². The Morgan fingerprint density at radius 3 is 1.58 bits per heavy atom. The first kappa shape index (κ1) is 29.4. The number of carboxylic acids is 1. The Hall–Kier alpha value is -1.59. The average molecular weight is 441 g/mol. The van der Waals surface area contributed by atoms with Crippen molar-refractivity contribution in [2.24, 2.45) is 0 Å². The molecule has 0 rings (SSSR count). The maximum absolute atomic E-state index is 12.0. The first-order chi connectivity index (χ1) is 15.0. The average Bonchev–Trinajstić information content (AvgIpc) is 2.74. The Kier molecular flexibility index (Phi) is 20.5. The fourth-order valence-electron chi connectivity index (χ4n) is 3.63. The van der Waals surface area contributed by atoms with Crippen molar-refractivity contribution < 1.29 is 19.5 Å². The van der Waals surface area contributed by atoms with E-state index in [2.05, 4.69) is 24.5 Å². The molecule has 0 spiro atoms. The van der Waals surface area contributed by atoms with Crippen LogP contribution in [-0.4, -0.2) is 35.5 Å². The van der Waals surface area contributed by atoms with Gasteiger partial charge in [-0.25, -0.2) is 4.79 Å². The molecule has 1 atom stereocenters. The van der Waals surface area contributed by atoms with Crippen LogP contribution in [0.3, 0.4) is 0 Å². The predicted molar refractivity (Wildman–Crippen MR) is 127 cm³/mol. The molecule has 3 N–H and O–H groups in total. The highest BCUT2D eigenvalue weighted by molar-refractivity contribution is 5.83. The molecular weight excluding hydrogens is 392 g/mol. The highest BCUT2D eigenvalue weighted by atomic mass is 16.4. The maximum atomic E-state index is 12.0. The molecule has 0 saturated heterocycles. The zero-order valence-electron chi connectivity index (χ0n) is 20.2. The Labute approximate surface area is 190 Å². The molecule has 0 bridgehead atoms. The number of hydrogen-bond acceptors (Lipinski definition) is 3. The summed E-state index contributed by atoms with van der Waals surface area (Å²) in [6.07, 6.45) is 17.9. The number of amides is 2. The molecule has 6 heteroatoms. The second-order valence-corrected chi connectivity index (χ2v) is 8.69. The molecule has 0 aliphatic carbocycles. The van der Waals surface area contributed by atoms with Gasteiger partial charge in [0.1, 0.15) is 6.04 Å². The van der Waals surface area contributed by atoms with Crippen LogP contribution in [0.25, 0.3) is 0 Å². The molecule has 0 aliphatic rings. The van der Waals surface area contributed by atoms with E-state index in [4.69, 9.17) is 0 Å². The Morgan fingerprint density at radius 1 is 0.645 bits per heavy atom. The molecule has 0 heterocycles. The van der Waals surface area contributed by atoms with Crippen molar-refractivity contribution in [2.45, 2.75) is 135 Å². The van der Waals surface area contributed by atoms with Gasteiger partial charge in [-0.2, -0.15) is 0 Å². The Bertz CT molecular complexity index is 468. The third-order valence-electron chi connectivity index (χ3n) is 5.64. The summed E-state index contributed by atoms with van der Waals surface area (Å²) in [6, 6.07) is -0.878. The molecule has 2 amide bonds. The standard InChI is InChI=1S/C25H48N2O4/c1-3-5-7-9-11-13-15-19-23(28)26-21-17-18-22(25(30)31)27-24(29)20-16-14-12-10-8-6-4-2/h22H,3-21H2,1-2H3,(H,26,28)(H,27,29)(H,30,31)/t22-/m0/s1. The van der Waals surface area contributed by atoms with E-state index >= 15 is 0 Å². The van der Waals surface area contributed by atoms with Crippen molar-refractivity contribution >= 4 is 17.8 Å². The summed E-state index contributed by atoms with van der Waals surface area (Å²) >= 11 is 0. The molecule has 182 valence electrons. The molecule has 31 heavy (non-hydrogen) atoms. The predicted octanol–water partition coefficient (Wildman–Crippen LogP) is 5.73. The van der Waals surface area contributed by atoms with Crippen molar-refractivity contribution in [3.63, 3.8) is 0 Å². The van der Waals surface area contributed by atoms with Gasteiger partial charge in [0.05, 0.1) is 0 Å². The van der Waals surface area contributed by atoms with Crippen molar-refractivity contribution in [2.75, 3.05) is 6.54 Å². The van der Waals surface area contributed by atoms with Gasteiger partial charge in [-0.15, -0.1) is 0 Å². The third kappa shape index (κ3) is 20.1. The Morgan fingerprint density at radius 2 is 1.10 bits per heavy atom. The second kappa shape index (κ2) is 21.6. The molecule has 0 fully saturated rings. The largest absolute Gasteiger partial charge is 0.480 e. The number of unbranched alkanes of at least 4 members (excludes halogenated alkanes) is 12. The fraction of sp³-hybridized carbons (Fsp3) is 0.880. The van der Waals surface area contributed by atoms with Crippen LogP contribution in [-0.2, 0) is 14.4 Å². The summed E-state index contributed by atoms with van der Waals surface area (Å²) in [4.78, 5) is 35.3. The highest BCUT2D eigenvalue weighted by Crippen LogP contribution is 2.09. The summed E-state index contributed by atoms with van der Waals surface area (Å²) < 4.78 is 0. The molecule has 0 aromatic carbocycles. The first-order valence-electron chi connectivity index (χ1n) is 12.8. The van der Waals surface area contributed by atoms with Gasteiger partial charge in [0.15, 0.2) is 0 Å². The lowest BCUT2D eigenvalue weighted by Gasteiger charge is -2.15. The normalized spacial score (nSPS) is 11.8. The van der Waals surface area contributed by atoms with Crippen LogP contribution in [0, 0.1) is 0 Å². The van der Waals surface area contributed by atoms with E-state index in [0.29, 0.717) is 32.2 Å². The zero-order valence-corrected chi connectivity index (χ0v) is 20.2. The minimum absolute atomic E-state index is 0.0309. The smallest absolute Gasteiger partial charge is 0.326 e. The van der Waals surface area contributed by atoms with Crippen LogP contribution in [0.5, 0.6) is 0 Å². The molecular formula is C25H48N2O4. The lowest BCUT2D eigenvalue weighted by molar-refractivity contribution is -0.142. The van der Waals surface area contributed by atoms with E-state index in [1.54, 1.807) is 0 Å². The van der Waals surface area contributed by atoms with Gasteiger partial charge in [-0.05, 0) is 25.7 Å². The van der Waals surface area contributed by atoms with Crippen LogP contribution >= 0.6 is 0 Å². The van der Waals surface area contributed by atoms with Crippen LogP contribution in [0.4, 0.5) is 0 Å². The Balaban J connectivity index is 3.77. The van der Waals surface area contributed by atoms with Gasteiger partial charge in [0.25, 0.3) is 0 Å². The zero-order chi connectivity index (χ0) is 23.2. The minimum Gasteiger partial charge on any atom is -0.480 e. The summed E-state index contributed by atoms with van der Waals surface area (Å²) in [5.74, 6) is -1.17. The fourth-order valence-corrected chi connectivity index (χ4v) is 3.63. The first-order valence-corrected chi connectivity index (χ1v) is 12.8. The molecule has 0 saturated carbocycles. The second-order valence-electron chi connectivity index (χ2n) is 8.69. The number of aliphatic carboxylic acids is 1. The number of hydrogen-bond donors (Lipinski definition) is 3. The van der Waals surface area contributed by atoms with E-state index < -0.39 is 12.0 Å². The lowest BCUT2D eigenvalue weighted by atomic mass is 10.1. The molecule has 0 aliphatic heterocycles. The molecule has 0 aromatic heterocycles. The van der Waals surface area contributed by atoms with E-state index in [1.165, 1.54) is 57.8 Å². The monoisotopic (exact) mass is 440 g/mol. The number of carbonyl (C=O) groups is 3. The number of nitrogens with one attached hydrogen (secondary N) is 2. The number of carboxylic acid groups (broad SMARTS) is 1. The van der Waals surface area contributed by atoms with Crippen molar-refractivity contribution in [1.29, 1.82) is 0 Å². The lowest BCUT2D eigenvalue weighted by Crippen LogP contribution is -2.41. The summed E-state index contributed by atoms with van der Waals surface area (Å²) in [7, 11) is 0. The van der Waals surface area contributed by atoms with Crippen LogP contribution < -0.4 is 10.6 Å². The van der Waals surface area contributed by atoms with Gasteiger partial charge < -0.3 is 15.7 Å². The van der Waals surface area contributed by atoms with Crippen molar-refractivity contribution in [3.8, 4) is 0 Å². The number of carbonyl (C=O) groups excluding carboxylic acids is 2. The van der Waals surface area contributed by atoms with E-state index in [0.717, 1.165) is 32.1 Å². The van der Waals surface area contributed by atoms with Crippen LogP contribution in [0.1, 0.15) is 129 Å². The summed E-state index contributed by atoms with van der Waals surface area (Å²) in [5.41, 5.74) is 0. The molecule has 0 radical (unpaired) electrons. The molecule has 0 unspecified atom stereocenters. The van der Waals surface area contributed by atoms with E-state index in [1.807, 2.05) is 0 Å². The third-order valence-corrected chi connectivity index (χ3v) is 5.64. The SMILES string of the molecule is CCCCCCCCCC(=O)NCCC[C@H](NC(=O)CCCCCCCCC)C(=O)O. The topological polar surface area (TPSA) is 95.5 Å². The van der Waals surface area contributed by atoms with Gasteiger partial charge in [-0.1, -0.05) is 90.9 Å². The molecule has 6 nitrogen and oxygen atoms in total. The minimum atomic E-state index is -1.01. The van der Waals surface area contributed by atoms with Gasteiger partial charge in [0.2, 0.25) is 11.8 Å². The summed E-state index contributed by atoms with van der Waals surface area (Å²) in [6.45, 7) is 4.84. The van der Waals surface area contributed by atoms with Crippen LogP contribution in [0.2, 0.25) is 0 Å². The molecule has 0 aromatic rings. The van der Waals surface area contributed by atoms with Gasteiger partial charge >= 0.3 is 5.97 Å². The van der Waals surface area contributed by atoms with Gasteiger partial charge in [0, 0.05) is 19.4 Å². The highest BCUT2D eigenvalue weighted by Gasteiger charge is 2.19. The van der Waals surface area contributed by atoms with Crippen molar-refractivity contribution in [3.05, 3.63) is 0 Å². The van der Waals surface area contributed by atoms with E-state index in [-0.39, 0.29) is 11.8 Å². The number of rotatable bonds is 22. The summed E-state index contributed by atoms with van der Waals surface area (Å²) in [5, 5.41) is 14.8. The van der Waals surface area contributed by atoms with Crippen molar-refractivity contribution in [1.82, 2.24) is 10.6 Å². The van der Waals surface area contributed by atoms with Crippen LogP contribution in [0.15, 0.2) is 0 Å². The van der Waals surface area contributed by atoms with E-state index in [9.17, 15) is 19.5 Å². The quantitative estimate of drug-likeness (QED) is 0.187.